The van der Waals surface area contributed by atoms with E-state index in [1.165, 1.54) is 109 Å². The Morgan fingerprint density at radius 3 is 1.06 bits per heavy atom. The molecule has 0 N–H and O–H groups in total. The molecule has 0 fully saturated rings. The first-order valence-electron chi connectivity index (χ1n) is 28.8. The lowest BCUT2D eigenvalue weighted by Crippen LogP contribution is -2.30. The van der Waals surface area contributed by atoms with Gasteiger partial charge in [0.25, 0.3) is 0 Å². The molecule has 0 aromatic carbocycles. The van der Waals surface area contributed by atoms with Gasteiger partial charge in [-0.1, -0.05) is 240 Å². The minimum Gasteiger partial charge on any atom is -0.462 e. The summed E-state index contributed by atoms with van der Waals surface area (Å²) in [5.41, 5.74) is 0. The molecule has 0 aliphatic heterocycles. The number of ether oxygens (including phenoxy) is 3. The van der Waals surface area contributed by atoms with Crippen molar-refractivity contribution in [3.63, 3.8) is 0 Å². The van der Waals surface area contributed by atoms with Gasteiger partial charge in [0.2, 0.25) is 0 Å². The van der Waals surface area contributed by atoms with Crippen LogP contribution in [0.5, 0.6) is 0 Å². The monoisotopic (exact) mass is 959 g/mol. The van der Waals surface area contributed by atoms with Crippen LogP contribution in [0.1, 0.15) is 265 Å². The maximum Gasteiger partial charge on any atom is 0.306 e. The summed E-state index contributed by atoms with van der Waals surface area (Å²) in [6.07, 6.45) is 75.3. The van der Waals surface area contributed by atoms with Crippen molar-refractivity contribution in [1.29, 1.82) is 0 Å². The van der Waals surface area contributed by atoms with E-state index in [-0.39, 0.29) is 31.1 Å². The third-order valence-corrected chi connectivity index (χ3v) is 12.1. The first kappa shape index (κ1) is 65.3. The molecule has 0 aliphatic carbocycles. The number of rotatable bonds is 51. The van der Waals surface area contributed by atoms with E-state index in [1.807, 2.05) is 0 Å². The summed E-state index contributed by atoms with van der Waals surface area (Å²) < 4.78 is 16.8. The van der Waals surface area contributed by atoms with Crippen LogP contribution >= 0.6 is 0 Å². The molecule has 0 radical (unpaired) electrons. The highest BCUT2D eigenvalue weighted by molar-refractivity contribution is 5.71. The highest BCUT2D eigenvalue weighted by Crippen LogP contribution is 2.14. The minimum absolute atomic E-state index is 0.0974. The average molecular weight is 960 g/mol. The Bertz CT molecular complexity index is 1380. The van der Waals surface area contributed by atoms with Crippen molar-refractivity contribution >= 4 is 17.9 Å². The third-order valence-electron chi connectivity index (χ3n) is 12.1. The Balaban J connectivity index is 4.46. The van der Waals surface area contributed by atoms with E-state index in [0.29, 0.717) is 19.3 Å². The highest BCUT2D eigenvalue weighted by Gasteiger charge is 2.19. The molecule has 0 rings (SSSR count). The lowest BCUT2D eigenvalue weighted by Gasteiger charge is -2.18. The SMILES string of the molecule is CC/C=C\C/C=C\C/C=C\CCCCCCC(=O)OCC(COC(=O)CCCCCCCCC/C=C\CCCCCCCCCC)OC(=O)CCCCCCC\C=C/C=C\C=C/C=C\CCCCC. The summed E-state index contributed by atoms with van der Waals surface area (Å²) in [5, 5.41) is 0. The first-order valence-corrected chi connectivity index (χ1v) is 28.8. The highest BCUT2D eigenvalue weighted by atomic mass is 16.6. The molecule has 394 valence electrons. The number of hydrogen-bond donors (Lipinski definition) is 0. The van der Waals surface area contributed by atoms with Gasteiger partial charge in [-0.05, 0) is 103 Å². The Labute approximate surface area is 426 Å². The van der Waals surface area contributed by atoms with Crippen molar-refractivity contribution in [2.75, 3.05) is 13.2 Å². The van der Waals surface area contributed by atoms with Crippen molar-refractivity contribution in [3.8, 4) is 0 Å². The summed E-state index contributed by atoms with van der Waals surface area (Å²) in [5.74, 6) is -0.945. The first-order chi connectivity index (χ1) is 34.0. The van der Waals surface area contributed by atoms with Gasteiger partial charge in [0.15, 0.2) is 6.10 Å². The molecule has 0 amide bonds. The summed E-state index contributed by atoms with van der Waals surface area (Å²) in [6.45, 7) is 6.45. The predicted octanol–water partition coefficient (Wildman–Crippen LogP) is 19.3. The molecule has 1 atom stereocenters. The van der Waals surface area contributed by atoms with Gasteiger partial charge in [0.05, 0.1) is 0 Å². The zero-order valence-corrected chi connectivity index (χ0v) is 45.0. The Hall–Kier alpha value is -3.67. The molecule has 0 spiro atoms. The normalized spacial score (nSPS) is 12.8. The van der Waals surface area contributed by atoms with Gasteiger partial charge in [0.1, 0.15) is 13.2 Å². The van der Waals surface area contributed by atoms with Gasteiger partial charge < -0.3 is 14.2 Å². The van der Waals surface area contributed by atoms with Crippen molar-refractivity contribution in [2.45, 2.75) is 271 Å². The largest absolute Gasteiger partial charge is 0.462 e. The quantitative estimate of drug-likeness (QED) is 0.0199. The van der Waals surface area contributed by atoms with Gasteiger partial charge in [-0.15, -0.1) is 0 Å². The number of hydrogen-bond acceptors (Lipinski definition) is 6. The standard InChI is InChI=1S/C63H106O6/c1-4-7-10-13-16-19-22-25-28-30-32-34-35-38-41-44-47-50-53-56-62(65)68-59-60(58-67-61(64)55-52-49-46-43-40-37-27-24-21-18-15-12-9-6-3)69-63(66)57-54-51-48-45-42-39-36-33-31-29-26-23-20-17-14-11-8-5-2/h9,12,17-18,20-21,23,26-27,29-33,36-37,60H,4-8,10-11,13-16,19,22,24-25,28,34-35,38-59H2,1-3H3/b12-9-,20-17-,21-18-,26-23-,31-29-,32-30-,36-33-,37-27-. The fourth-order valence-electron chi connectivity index (χ4n) is 7.82. The van der Waals surface area contributed by atoms with Crippen LogP contribution < -0.4 is 0 Å². The van der Waals surface area contributed by atoms with Crippen LogP contribution in [0.25, 0.3) is 0 Å². The van der Waals surface area contributed by atoms with E-state index >= 15 is 0 Å². The van der Waals surface area contributed by atoms with Crippen molar-refractivity contribution in [2.24, 2.45) is 0 Å². The Morgan fingerprint density at radius 2 is 0.623 bits per heavy atom. The molecule has 0 aromatic heterocycles. The number of esters is 3. The number of carbonyl (C=O) groups excluding carboxylic acids is 3. The molecule has 0 aliphatic rings. The van der Waals surface area contributed by atoms with E-state index in [9.17, 15) is 14.4 Å². The molecule has 0 bridgehead atoms. The molecule has 0 heterocycles. The predicted molar refractivity (Wildman–Crippen MR) is 297 cm³/mol. The van der Waals surface area contributed by atoms with Gasteiger partial charge >= 0.3 is 17.9 Å². The molecule has 69 heavy (non-hydrogen) atoms. The fraction of sp³-hybridized carbons (Fsp3) is 0.698. The zero-order valence-electron chi connectivity index (χ0n) is 45.0. The van der Waals surface area contributed by atoms with Crippen LogP contribution in [-0.4, -0.2) is 37.2 Å². The average Bonchev–Trinajstić information content (AvgIpc) is 3.35. The molecule has 6 nitrogen and oxygen atoms in total. The second-order valence-corrected chi connectivity index (χ2v) is 18.9. The van der Waals surface area contributed by atoms with E-state index in [0.717, 1.165) is 116 Å². The maximum atomic E-state index is 12.9. The van der Waals surface area contributed by atoms with E-state index < -0.39 is 6.10 Å². The molecule has 0 saturated heterocycles. The van der Waals surface area contributed by atoms with Crippen molar-refractivity contribution in [3.05, 3.63) is 97.2 Å². The molecule has 0 aromatic rings. The smallest absolute Gasteiger partial charge is 0.306 e. The van der Waals surface area contributed by atoms with Gasteiger partial charge in [-0.2, -0.15) is 0 Å². The Kier molecular flexibility index (Phi) is 53.9. The lowest BCUT2D eigenvalue weighted by molar-refractivity contribution is -0.167. The summed E-state index contributed by atoms with van der Waals surface area (Å²) in [7, 11) is 0. The Morgan fingerprint density at radius 1 is 0.319 bits per heavy atom. The molecule has 6 heteroatoms. The van der Waals surface area contributed by atoms with Gasteiger partial charge in [0, 0.05) is 19.3 Å². The minimum atomic E-state index is -0.803. The lowest BCUT2D eigenvalue weighted by atomic mass is 10.1. The number of carbonyl (C=O) groups is 3. The van der Waals surface area contributed by atoms with E-state index in [4.69, 9.17) is 14.2 Å². The van der Waals surface area contributed by atoms with Crippen molar-refractivity contribution < 1.29 is 28.6 Å². The molecular weight excluding hydrogens is 853 g/mol. The van der Waals surface area contributed by atoms with Crippen LogP contribution in [0.2, 0.25) is 0 Å². The topological polar surface area (TPSA) is 78.9 Å². The van der Waals surface area contributed by atoms with E-state index in [1.54, 1.807) is 0 Å². The molecule has 1 unspecified atom stereocenters. The second-order valence-electron chi connectivity index (χ2n) is 18.9. The fourth-order valence-corrected chi connectivity index (χ4v) is 7.82. The summed E-state index contributed by atoms with van der Waals surface area (Å²) in [6, 6.07) is 0. The molecular formula is C63H106O6. The second kappa shape index (κ2) is 56.9. The van der Waals surface area contributed by atoms with E-state index in [2.05, 4.69) is 118 Å². The summed E-state index contributed by atoms with van der Waals surface area (Å²) >= 11 is 0. The van der Waals surface area contributed by atoms with Crippen molar-refractivity contribution in [1.82, 2.24) is 0 Å². The van der Waals surface area contributed by atoms with Crippen LogP contribution in [0.4, 0.5) is 0 Å². The van der Waals surface area contributed by atoms with Crippen LogP contribution in [-0.2, 0) is 28.6 Å². The van der Waals surface area contributed by atoms with Crippen LogP contribution in [0, 0.1) is 0 Å². The summed E-state index contributed by atoms with van der Waals surface area (Å²) in [4.78, 5) is 38.2. The number of unbranched alkanes of at least 4 members (excludes halogenated alkanes) is 27. The molecule has 0 saturated carbocycles. The third kappa shape index (κ3) is 55.1. The van der Waals surface area contributed by atoms with Crippen LogP contribution in [0.3, 0.4) is 0 Å². The number of allylic oxidation sites excluding steroid dienone is 16. The van der Waals surface area contributed by atoms with Gasteiger partial charge in [-0.3, -0.25) is 14.4 Å². The maximum absolute atomic E-state index is 12.9. The van der Waals surface area contributed by atoms with Gasteiger partial charge in [-0.25, -0.2) is 0 Å². The van der Waals surface area contributed by atoms with Crippen LogP contribution in [0.15, 0.2) is 97.2 Å². The zero-order chi connectivity index (χ0) is 50.0.